The lowest BCUT2D eigenvalue weighted by Crippen LogP contribution is -2.32. The van der Waals surface area contributed by atoms with Gasteiger partial charge in [-0.2, -0.15) is 0 Å². The van der Waals surface area contributed by atoms with E-state index in [-0.39, 0.29) is 18.6 Å². The minimum absolute atomic E-state index is 0.0291. The molecule has 1 fully saturated rings. The van der Waals surface area contributed by atoms with Gasteiger partial charge in [-0.05, 0) is 49.4 Å². The van der Waals surface area contributed by atoms with Crippen molar-refractivity contribution in [2.75, 3.05) is 6.61 Å². The second-order valence-electron chi connectivity index (χ2n) is 8.49. The topological polar surface area (TPSA) is 34.4 Å². The summed E-state index contributed by atoms with van der Waals surface area (Å²) >= 11 is 0. The Labute approximate surface area is 166 Å². The van der Waals surface area contributed by atoms with Gasteiger partial charge in [0, 0.05) is 28.9 Å². The second-order valence-corrected chi connectivity index (χ2v) is 8.49. The number of rotatable bonds is 2. The molecular formula is C25H29NO2. The molecule has 1 aliphatic heterocycles. The first-order valence-corrected chi connectivity index (χ1v) is 10.8. The van der Waals surface area contributed by atoms with Crippen molar-refractivity contribution in [3.8, 4) is 17.0 Å². The average molecular weight is 376 g/mol. The van der Waals surface area contributed by atoms with Crippen LogP contribution in [0.4, 0.5) is 0 Å². The monoisotopic (exact) mass is 375 g/mol. The number of aromatic nitrogens is 1. The lowest BCUT2D eigenvalue weighted by atomic mass is 9.81. The Hall–Kier alpha value is -2.26. The summed E-state index contributed by atoms with van der Waals surface area (Å²) in [6.45, 7) is 3.00. The molecule has 28 heavy (non-hydrogen) atoms. The van der Waals surface area contributed by atoms with E-state index in [1.807, 2.05) is 6.07 Å². The third-order valence-electron chi connectivity index (χ3n) is 6.79. The maximum Gasteiger partial charge on any atom is 0.129 e. The van der Waals surface area contributed by atoms with Crippen molar-refractivity contribution in [2.24, 2.45) is 5.92 Å². The molecule has 0 bridgehead atoms. The molecule has 0 amide bonds. The Morgan fingerprint density at radius 1 is 1.00 bits per heavy atom. The van der Waals surface area contributed by atoms with Gasteiger partial charge in [-0.25, -0.2) is 0 Å². The van der Waals surface area contributed by atoms with Gasteiger partial charge in [0.2, 0.25) is 0 Å². The number of aliphatic hydroxyl groups excluding tert-OH is 1. The summed E-state index contributed by atoms with van der Waals surface area (Å²) < 4.78 is 8.83. The van der Waals surface area contributed by atoms with Gasteiger partial charge in [0.1, 0.15) is 11.9 Å². The van der Waals surface area contributed by atoms with Crippen LogP contribution in [-0.4, -0.2) is 22.4 Å². The summed E-state index contributed by atoms with van der Waals surface area (Å²) in [4.78, 5) is 0. The molecule has 0 saturated heterocycles. The first-order chi connectivity index (χ1) is 13.8. The number of benzene rings is 2. The van der Waals surface area contributed by atoms with E-state index in [1.165, 1.54) is 59.8 Å². The van der Waals surface area contributed by atoms with E-state index in [0.717, 1.165) is 12.3 Å². The highest BCUT2D eigenvalue weighted by Gasteiger charge is 2.31. The predicted octanol–water partition coefficient (Wildman–Crippen LogP) is 5.75. The second kappa shape index (κ2) is 7.29. The molecule has 1 saturated carbocycles. The molecule has 2 aliphatic rings. The van der Waals surface area contributed by atoms with E-state index in [2.05, 4.69) is 54.0 Å². The standard InChI is InChI=1S/C25H29NO2/c1-17-19(16-27)15-26-22-13-7-5-11-20(22)24(18-9-3-2-4-10-18)25(26)21-12-6-8-14-23(21)28-17/h5-8,11-14,17-19,27H,2-4,9-10,15-16H2,1H3. The Morgan fingerprint density at radius 3 is 2.57 bits per heavy atom. The molecular weight excluding hydrogens is 346 g/mol. The van der Waals surface area contributed by atoms with Crippen LogP contribution in [0.3, 0.4) is 0 Å². The van der Waals surface area contributed by atoms with Crippen molar-refractivity contribution >= 4 is 10.9 Å². The third-order valence-corrected chi connectivity index (χ3v) is 6.79. The number of hydrogen-bond acceptors (Lipinski definition) is 2. The van der Waals surface area contributed by atoms with Crippen LogP contribution >= 0.6 is 0 Å². The van der Waals surface area contributed by atoms with Crippen LogP contribution in [0.25, 0.3) is 22.2 Å². The molecule has 1 aromatic heterocycles. The van der Waals surface area contributed by atoms with E-state index < -0.39 is 0 Å². The van der Waals surface area contributed by atoms with Crippen molar-refractivity contribution in [2.45, 2.75) is 57.6 Å². The Morgan fingerprint density at radius 2 is 1.75 bits per heavy atom. The van der Waals surface area contributed by atoms with Crippen molar-refractivity contribution in [1.82, 2.24) is 4.57 Å². The Balaban J connectivity index is 1.82. The lowest BCUT2D eigenvalue weighted by molar-refractivity contribution is 0.0872. The normalized spacial score (nSPS) is 22.8. The Bertz CT molecular complexity index is 983. The average Bonchev–Trinajstić information content (AvgIpc) is 3.05. The smallest absolute Gasteiger partial charge is 0.129 e. The van der Waals surface area contributed by atoms with Crippen LogP contribution in [-0.2, 0) is 6.54 Å². The number of nitrogens with zero attached hydrogens (tertiary/aromatic N) is 1. The number of para-hydroxylation sites is 2. The molecule has 3 heteroatoms. The zero-order valence-electron chi connectivity index (χ0n) is 16.6. The van der Waals surface area contributed by atoms with Crippen LogP contribution in [0.1, 0.15) is 50.5 Å². The fourth-order valence-corrected chi connectivity index (χ4v) is 5.27. The fourth-order valence-electron chi connectivity index (χ4n) is 5.27. The first kappa shape index (κ1) is 17.8. The molecule has 0 radical (unpaired) electrons. The highest BCUT2D eigenvalue weighted by molar-refractivity contribution is 5.93. The van der Waals surface area contributed by atoms with Crippen molar-refractivity contribution < 1.29 is 9.84 Å². The molecule has 2 heterocycles. The molecule has 2 aromatic carbocycles. The van der Waals surface area contributed by atoms with E-state index in [0.29, 0.717) is 5.92 Å². The highest BCUT2D eigenvalue weighted by Crippen LogP contribution is 2.47. The van der Waals surface area contributed by atoms with E-state index >= 15 is 0 Å². The molecule has 1 aliphatic carbocycles. The van der Waals surface area contributed by atoms with Gasteiger partial charge >= 0.3 is 0 Å². The highest BCUT2D eigenvalue weighted by atomic mass is 16.5. The van der Waals surface area contributed by atoms with Crippen LogP contribution in [0.15, 0.2) is 48.5 Å². The summed E-state index contributed by atoms with van der Waals surface area (Å²) in [6, 6.07) is 17.3. The molecule has 2 atom stereocenters. The number of ether oxygens (including phenoxy) is 1. The summed E-state index contributed by atoms with van der Waals surface area (Å²) in [7, 11) is 0. The number of hydrogen-bond donors (Lipinski definition) is 1. The summed E-state index contributed by atoms with van der Waals surface area (Å²) in [5.74, 6) is 1.61. The largest absolute Gasteiger partial charge is 0.490 e. The predicted molar refractivity (Wildman–Crippen MR) is 114 cm³/mol. The van der Waals surface area contributed by atoms with Gasteiger partial charge in [0.15, 0.2) is 0 Å². The van der Waals surface area contributed by atoms with Gasteiger partial charge in [-0.3, -0.25) is 0 Å². The minimum atomic E-state index is -0.0291. The lowest BCUT2D eigenvalue weighted by Gasteiger charge is -2.30. The van der Waals surface area contributed by atoms with Gasteiger partial charge in [-0.15, -0.1) is 0 Å². The number of fused-ring (bicyclic) bond motifs is 5. The van der Waals surface area contributed by atoms with Gasteiger partial charge in [0.25, 0.3) is 0 Å². The van der Waals surface area contributed by atoms with Crippen LogP contribution in [0.5, 0.6) is 5.75 Å². The minimum Gasteiger partial charge on any atom is -0.490 e. The van der Waals surface area contributed by atoms with Crippen molar-refractivity contribution in [3.63, 3.8) is 0 Å². The molecule has 146 valence electrons. The zero-order valence-corrected chi connectivity index (χ0v) is 16.6. The third kappa shape index (κ3) is 2.84. The zero-order chi connectivity index (χ0) is 19.1. The van der Waals surface area contributed by atoms with Gasteiger partial charge < -0.3 is 14.4 Å². The molecule has 0 spiro atoms. The van der Waals surface area contributed by atoms with E-state index in [9.17, 15) is 5.11 Å². The molecule has 3 nitrogen and oxygen atoms in total. The molecule has 2 unspecified atom stereocenters. The van der Waals surface area contributed by atoms with Crippen molar-refractivity contribution in [1.29, 1.82) is 0 Å². The Kier molecular flexibility index (Phi) is 4.64. The molecule has 3 aromatic rings. The van der Waals surface area contributed by atoms with E-state index in [4.69, 9.17) is 4.74 Å². The van der Waals surface area contributed by atoms with Crippen LogP contribution < -0.4 is 4.74 Å². The van der Waals surface area contributed by atoms with Crippen LogP contribution in [0.2, 0.25) is 0 Å². The molecule has 1 N–H and O–H groups in total. The first-order valence-electron chi connectivity index (χ1n) is 10.8. The maximum atomic E-state index is 10.1. The summed E-state index contributed by atoms with van der Waals surface area (Å²) in [5, 5.41) is 11.5. The van der Waals surface area contributed by atoms with Gasteiger partial charge in [0.05, 0.1) is 12.3 Å². The fraction of sp³-hybridized carbons (Fsp3) is 0.440. The van der Waals surface area contributed by atoms with Crippen LogP contribution in [0, 0.1) is 5.92 Å². The molecule has 5 rings (SSSR count). The summed E-state index contributed by atoms with van der Waals surface area (Å²) in [6.07, 6.45) is 6.50. The summed E-state index contributed by atoms with van der Waals surface area (Å²) in [5.41, 5.74) is 5.30. The van der Waals surface area contributed by atoms with Gasteiger partial charge in [-0.1, -0.05) is 49.6 Å². The SMILES string of the molecule is CC1Oc2ccccc2-c2c(C3CCCCC3)c3ccccc3n2CC1CO. The van der Waals surface area contributed by atoms with E-state index in [1.54, 1.807) is 0 Å². The quantitative estimate of drug-likeness (QED) is 0.619. The number of aliphatic hydroxyl groups is 1. The maximum absolute atomic E-state index is 10.1. The van der Waals surface area contributed by atoms with Crippen molar-refractivity contribution in [3.05, 3.63) is 54.1 Å².